The molecule has 0 aliphatic carbocycles. The van der Waals surface area contributed by atoms with Gasteiger partial charge in [-0.1, -0.05) is 6.07 Å². The number of aryl methyl sites for hydroxylation is 1. The van der Waals surface area contributed by atoms with Crippen LogP contribution in [0, 0.1) is 0 Å². The predicted octanol–water partition coefficient (Wildman–Crippen LogP) is 3.14. The lowest BCUT2D eigenvalue weighted by Crippen LogP contribution is -2.29. The van der Waals surface area contributed by atoms with Crippen molar-refractivity contribution in [3.63, 3.8) is 0 Å². The van der Waals surface area contributed by atoms with Gasteiger partial charge in [0.2, 0.25) is 0 Å². The van der Waals surface area contributed by atoms with E-state index in [9.17, 15) is 4.79 Å². The number of pyridine rings is 1. The molecule has 3 aromatic heterocycles. The molecule has 4 heterocycles. The van der Waals surface area contributed by atoms with Gasteiger partial charge < -0.3 is 9.47 Å². The molecular weight excluding hydrogens is 406 g/mol. The molecule has 0 atom stereocenters. The number of hydrogen-bond acceptors (Lipinski definition) is 6. The van der Waals surface area contributed by atoms with Gasteiger partial charge in [-0.25, -0.2) is 4.98 Å². The lowest BCUT2D eigenvalue weighted by Gasteiger charge is -2.24. The Morgan fingerprint density at radius 2 is 2.00 bits per heavy atom. The molecule has 8 nitrogen and oxygen atoms in total. The summed E-state index contributed by atoms with van der Waals surface area (Å²) in [6.07, 6.45) is 9.49. The van der Waals surface area contributed by atoms with Gasteiger partial charge in [0.25, 0.3) is 5.56 Å². The molecule has 1 saturated heterocycles. The molecule has 0 unspecified atom stereocenters. The molecule has 0 saturated carbocycles. The normalized spacial score (nSPS) is 14.7. The van der Waals surface area contributed by atoms with Crippen LogP contribution in [0.3, 0.4) is 0 Å². The van der Waals surface area contributed by atoms with Crippen molar-refractivity contribution in [3.05, 3.63) is 70.7 Å². The number of aromatic nitrogens is 5. The molecule has 1 aliphatic heterocycles. The first kappa shape index (κ1) is 20.4. The Labute approximate surface area is 185 Å². The molecule has 0 amide bonds. The molecule has 0 radical (unpaired) electrons. The molecule has 5 rings (SSSR count). The monoisotopic (exact) mass is 431 g/mol. The van der Waals surface area contributed by atoms with E-state index in [1.807, 2.05) is 43.7 Å². The maximum absolute atomic E-state index is 13.3. The smallest absolute Gasteiger partial charge is 0.261 e. The van der Waals surface area contributed by atoms with Crippen LogP contribution in [0.1, 0.15) is 30.0 Å². The van der Waals surface area contributed by atoms with E-state index in [4.69, 9.17) is 9.47 Å². The van der Waals surface area contributed by atoms with Crippen LogP contribution in [0.2, 0.25) is 0 Å². The van der Waals surface area contributed by atoms with Crippen LogP contribution in [0.4, 0.5) is 0 Å². The number of benzene rings is 1. The zero-order valence-electron chi connectivity index (χ0n) is 18.2. The fraction of sp³-hybridized carbons (Fsp3) is 0.333. The van der Waals surface area contributed by atoms with Crippen molar-refractivity contribution in [1.82, 2.24) is 24.3 Å². The Morgan fingerprint density at radius 1 is 1.16 bits per heavy atom. The summed E-state index contributed by atoms with van der Waals surface area (Å²) in [6, 6.07) is 7.91. The first-order valence-electron chi connectivity index (χ1n) is 10.7. The standard InChI is InChI=1S/C24H25N5O3/c1-28-14-18(13-27-28)21-4-3-16(12-25-21)9-17-10-20-22(11-23(17)31-2)26-15-29(24(20)30)19-5-7-32-8-6-19/h3-4,10-15,19H,5-9H2,1-2H3. The van der Waals surface area contributed by atoms with Gasteiger partial charge >= 0.3 is 0 Å². The van der Waals surface area contributed by atoms with Crippen LogP contribution < -0.4 is 10.3 Å². The Bertz CT molecular complexity index is 1300. The van der Waals surface area contributed by atoms with Crippen LogP contribution in [-0.2, 0) is 18.2 Å². The molecule has 1 aromatic carbocycles. The summed E-state index contributed by atoms with van der Waals surface area (Å²) >= 11 is 0. The van der Waals surface area contributed by atoms with E-state index in [-0.39, 0.29) is 11.6 Å². The number of nitrogens with zero attached hydrogens (tertiary/aromatic N) is 5. The molecule has 1 aliphatic rings. The summed E-state index contributed by atoms with van der Waals surface area (Å²) in [5, 5.41) is 4.81. The van der Waals surface area contributed by atoms with Crippen LogP contribution in [-0.4, -0.2) is 44.6 Å². The first-order chi connectivity index (χ1) is 15.6. The van der Waals surface area contributed by atoms with E-state index in [2.05, 4.69) is 15.1 Å². The fourth-order valence-corrected chi connectivity index (χ4v) is 4.23. The maximum atomic E-state index is 13.3. The van der Waals surface area contributed by atoms with Crippen molar-refractivity contribution < 1.29 is 9.47 Å². The van der Waals surface area contributed by atoms with Crippen LogP contribution in [0.25, 0.3) is 22.2 Å². The average Bonchev–Trinajstić information content (AvgIpc) is 3.26. The van der Waals surface area contributed by atoms with E-state index in [1.165, 1.54) is 0 Å². The minimum absolute atomic E-state index is 0.0177. The van der Waals surface area contributed by atoms with Crippen molar-refractivity contribution in [2.24, 2.45) is 7.05 Å². The van der Waals surface area contributed by atoms with E-state index in [0.29, 0.717) is 36.3 Å². The van der Waals surface area contributed by atoms with Gasteiger partial charge in [0, 0.05) is 56.7 Å². The zero-order chi connectivity index (χ0) is 22.1. The zero-order valence-corrected chi connectivity index (χ0v) is 18.2. The number of rotatable bonds is 5. The highest BCUT2D eigenvalue weighted by Crippen LogP contribution is 2.27. The molecule has 0 N–H and O–H groups in total. The SMILES string of the molecule is COc1cc2ncn(C3CCOCC3)c(=O)c2cc1Cc1ccc(-c2cnn(C)c2)nc1. The van der Waals surface area contributed by atoms with Crippen molar-refractivity contribution in [1.29, 1.82) is 0 Å². The molecule has 32 heavy (non-hydrogen) atoms. The summed E-state index contributed by atoms with van der Waals surface area (Å²) in [5.41, 5.74) is 4.43. The fourth-order valence-electron chi connectivity index (χ4n) is 4.23. The van der Waals surface area contributed by atoms with Gasteiger partial charge in [-0.05, 0) is 36.1 Å². The molecule has 0 spiro atoms. The maximum Gasteiger partial charge on any atom is 0.261 e. The van der Waals surface area contributed by atoms with Crippen LogP contribution >= 0.6 is 0 Å². The van der Waals surface area contributed by atoms with Crippen molar-refractivity contribution >= 4 is 10.9 Å². The summed E-state index contributed by atoms with van der Waals surface area (Å²) in [4.78, 5) is 22.4. The largest absolute Gasteiger partial charge is 0.496 e. The molecule has 4 aromatic rings. The lowest BCUT2D eigenvalue weighted by molar-refractivity contribution is 0.0685. The Balaban J connectivity index is 1.48. The molecule has 164 valence electrons. The second kappa shape index (κ2) is 8.55. The van der Waals surface area contributed by atoms with Gasteiger partial charge in [-0.15, -0.1) is 0 Å². The van der Waals surface area contributed by atoms with Gasteiger partial charge in [-0.2, -0.15) is 5.10 Å². The lowest BCUT2D eigenvalue weighted by atomic mass is 10.0. The second-order valence-electron chi connectivity index (χ2n) is 8.11. The van der Waals surface area contributed by atoms with E-state index in [0.717, 1.165) is 35.2 Å². The number of methoxy groups -OCH3 is 1. The van der Waals surface area contributed by atoms with E-state index in [1.54, 1.807) is 28.9 Å². The third kappa shape index (κ3) is 3.89. The van der Waals surface area contributed by atoms with E-state index >= 15 is 0 Å². The third-order valence-electron chi connectivity index (χ3n) is 5.99. The Morgan fingerprint density at radius 3 is 2.69 bits per heavy atom. The molecule has 1 fully saturated rings. The Hall–Kier alpha value is -3.52. The second-order valence-corrected chi connectivity index (χ2v) is 8.11. The summed E-state index contributed by atoms with van der Waals surface area (Å²) in [7, 11) is 3.52. The summed E-state index contributed by atoms with van der Waals surface area (Å²) < 4.78 is 14.6. The van der Waals surface area contributed by atoms with Crippen molar-refractivity contribution in [2.45, 2.75) is 25.3 Å². The minimum Gasteiger partial charge on any atom is -0.496 e. The number of fused-ring (bicyclic) bond motifs is 1. The summed E-state index contributed by atoms with van der Waals surface area (Å²) in [6.45, 7) is 1.34. The average molecular weight is 431 g/mol. The molecule has 8 heteroatoms. The van der Waals surface area contributed by atoms with Crippen LogP contribution in [0.15, 0.2) is 54.0 Å². The van der Waals surface area contributed by atoms with Gasteiger partial charge in [0.15, 0.2) is 0 Å². The number of ether oxygens (including phenoxy) is 2. The predicted molar refractivity (Wildman–Crippen MR) is 121 cm³/mol. The van der Waals surface area contributed by atoms with Gasteiger partial charge in [-0.3, -0.25) is 19.0 Å². The third-order valence-corrected chi connectivity index (χ3v) is 5.99. The van der Waals surface area contributed by atoms with Crippen molar-refractivity contribution in [2.75, 3.05) is 20.3 Å². The topological polar surface area (TPSA) is 84.1 Å². The Kier molecular flexibility index (Phi) is 5.45. The summed E-state index contributed by atoms with van der Waals surface area (Å²) in [5.74, 6) is 0.713. The van der Waals surface area contributed by atoms with E-state index < -0.39 is 0 Å². The highest BCUT2D eigenvalue weighted by Gasteiger charge is 2.19. The highest BCUT2D eigenvalue weighted by molar-refractivity contribution is 5.80. The van der Waals surface area contributed by atoms with Gasteiger partial charge in [0.1, 0.15) is 5.75 Å². The minimum atomic E-state index is -0.0177. The first-order valence-corrected chi connectivity index (χ1v) is 10.7. The number of hydrogen-bond donors (Lipinski definition) is 0. The van der Waals surface area contributed by atoms with Crippen LogP contribution in [0.5, 0.6) is 5.75 Å². The quantitative estimate of drug-likeness (QED) is 0.483. The molecule has 0 bridgehead atoms. The highest BCUT2D eigenvalue weighted by atomic mass is 16.5. The molecular formula is C24H25N5O3. The van der Waals surface area contributed by atoms with Gasteiger partial charge in [0.05, 0.1) is 36.2 Å². The van der Waals surface area contributed by atoms with Crippen molar-refractivity contribution in [3.8, 4) is 17.0 Å².